The Kier molecular flexibility index (Phi) is 4.66. The van der Waals surface area contributed by atoms with Crippen LogP contribution in [0, 0.1) is 0 Å². The van der Waals surface area contributed by atoms with Crippen LogP contribution in [0.5, 0.6) is 11.5 Å². The Hall–Kier alpha value is -3.01. The zero-order valence-electron chi connectivity index (χ0n) is 13.6. The van der Waals surface area contributed by atoms with Crippen molar-refractivity contribution in [3.05, 3.63) is 71.8 Å². The number of esters is 1. The standard InChI is InChI=1S/C20H18O4/c1-22-16-10-11-18(19(12-16)23-2)20(21)24-13-15-8-5-7-14-6-3-4-9-17(14)15/h3-12H,13H2,1-2H3. The van der Waals surface area contributed by atoms with E-state index < -0.39 is 5.97 Å². The second-order valence-electron chi connectivity index (χ2n) is 5.28. The molecule has 0 fully saturated rings. The quantitative estimate of drug-likeness (QED) is 0.660. The van der Waals surface area contributed by atoms with E-state index >= 15 is 0 Å². The zero-order valence-corrected chi connectivity index (χ0v) is 13.6. The van der Waals surface area contributed by atoms with Gasteiger partial charge in [0.15, 0.2) is 0 Å². The Morgan fingerprint density at radius 2 is 1.71 bits per heavy atom. The molecule has 4 heteroatoms. The molecule has 3 aromatic rings. The number of methoxy groups -OCH3 is 2. The number of fused-ring (bicyclic) bond motifs is 1. The first-order valence-corrected chi connectivity index (χ1v) is 7.58. The second-order valence-corrected chi connectivity index (χ2v) is 5.28. The number of ether oxygens (including phenoxy) is 3. The van der Waals surface area contributed by atoms with Crippen LogP contribution in [-0.2, 0) is 11.3 Å². The Morgan fingerprint density at radius 3 is 2.50 bits per heavy atom. The van der Waals surface area contributed by atoms with Crippen LogP contribution in [0.2, 0.25) is 0 Å². The van der Waals surface area contributed by atoms with Gasteiger partial charge in [-0.3, -0.25) is 0 Å². The molecule has 0 spiro atoms. The number of rotatable bonds is 5. The van der Waals surface area contributed by atoms with Crippen LogP contribution in [0.25, 0.3) is 10.8 Å². The first-order chi connectivity index (χ1) is 11.7. The molecule has 0 heterocycles. The molecule has 0 atom stereocenters. The van der Waals surface area contributed by atoms with Crippen molar-refractivity contribution in [1.29, 1.82) is 0 Å². The summed E-state index contributed by atoms with van der Waals surface area (Å²) in [6.07, 6.45) is 0. The zero-order chi connectivity index (χ0) is 16.9. The first-order valence-electron chi connectivity index (χ1n) is 7.58. The number of carbonyl (C=O) groups is 1. The highest BCUT2D eigenvalue weighted by atomic mass is 16.5. The van der Waals surface area contributed by atoms with Crippen molar-refractivity contribution in [2.24, 2.45) is 0 Å². The molecule has 3 aromatic carbocycles. The smallest absolute Gasteiger partial charge is 0.342 e. The Morgan fingerprint density at radius 1 is 0.917 bits per heavy atom. The Bertz CT molecular complexity index is 865. The summed E-state index contributed by atoms with van der Waals surface area (Å²) >= 11 is 0. The predicted octanol–water partition coefficient (Wildman–Crippen LogP) is 4.21. The first kappa shape index (κ1) is 15.9. The van der Waals surface area contributed by atoms with Crippen molar-refractivity contribution in [3.8, 4) is 11.5 Å². The number of hydrogen-bond acceptors (Lipinski definition) is 4. The van der Waals surface area contributed by atoms with Crippen molar-refractivity contribution < 1.29 is 19.0 Å². The van der Waals surface area contributed by atoms with Gasteiger partial charge in [0.05, 0.1) is 14.2 Å². The molecule has 24 heavy (non-hydrogen) atoms. The maximum Gasteiger partial charge on any atom is 0.342 e. The molecule has 0 aromatic heterocycles. The average molecular weight is 322 g/mol. The lowest BCUT2D eigenvalue weighted by Gasteiger charge is -2.11. The van der Waals surface area contributed by atoms with E-state index in [0.717, 1.165) is 16.3 Å². The average Bonchev–Trinajstić information content (AvgIpc) is 2.65. The lowest BCUT2D eigenvalue weighted by Crippen LogP contribution is -2.07. The van der Waals surface area contributed by atoms with Gasteiger partial charge in [0.25, 0.3) is 0 Å². The fourth-order valence-electron chi connectivity index (χ4n) is 2.61. The van der Waals surface area contributed by atoms with Crippen LogP contribution in [0.4, 0.5) is 0 Å². The molecule has 0 amide bonds. The molecule has 0 radical (unpaired) electrons. The van der Waals surface area contributed by atoms with E-state index in [-0.39, 0.29) is 6.61 Å². The molecule has 0 bridgehead atoms. The van der Waals surface area contributed by atoms with Gasteiger partial charge < -0.3 is 14.2 Å². The molecule has 0 saturated carbocycles. The summed E-state index contributed by atoms with van der Waals surface area (Å²) in [6.45, 7) is 0.204. The molecule has 0 unspecified atom stereocenters. The summed E-state index contributed by atoms with van der Waals surface area (Å²) in [6, 6.07) is 19.0. The molecular weight excluding hydrogens is 304 g/mol. The molecule has 0 saturated heterocycles. The summed E-state index contributed by atoms with van der Waals surface area (Å²) in [7, 11) is 3.07. The van der Waals surface area contributed by atoms with Gasteiger partial charge in [-0.25, -0.2) is 4.79 Å². The molecule has 0 N–H and O–H groups in total. The number of carbonyl (C=O) groups excluding carboxylic acids is 1. The van der Waals surface area contributed by atoms with Crippen LogP contribution in [0.1, 0.15) is 15.9 Å². The van der Waals surface area contributed by atoms with E-state index in [1.165, 1.54) is 7.11 Å². The molecule has 122 valence electrons. The van der Waals surface area contributed by atoms with Crippen molar-refractivity contribution >= 4 is 16.7 Å². The molecular formula is C20H18O4. The number of benzene rings is 3. The van der Waals surface area contributed by atoms with Gasteiger partial charge >= 0.3 is 5.97 Å². The van der Waals surface area contributed by atoms with Gasteiger partial charge in [-0.05, 0) is 28.5 Å². The SMILES string of the molecule is COc1ccc(C(=O)OCc2cccc3ccccc23)c(OC)c1. The summed E-state index contributed by atoms with van der Waals surface area (Å²) in [5.74, 6) is 0.622. The van der Waals surface area contributed by atoms with E-state index in [2.05, 4.69) is 0 Å². The highest BCUT2D eigenvalue weighted by Crippen LogP contribution is 2.26. The maximum absolute atomic E-state index is 12.4. The molecule has 0 aliphatic rings. The molecule has 3 rings (SSSR count). The minimum atomic E-state index is -0.428. The van der Waals surface area contributed by atoms with E-state index in [1.807, 2.05) is 42.5 Å². The lowest BCUT2D eigenvalue weighted by atomic mass is 10.1. The fraction of sp³-hybridized carbons (Fsp3) is 0.150. The van der Waals surface area contributed by atoms with Crippen molar-refractivity contribution in [2.45, 2.75) is 6.61 Å². The Balaban J connectivity index is 1.80. The molecule has 0 aliphatic carbocycles. The van der Waals surface area contributed by atoms with Crippen LogP contribution < -0.4 is 9.47 Å². The number of hydrogen-bond donors (Lipinski definition) is 0. The van der Waals surface area contributed by atoms with Gasteiger partial charge in [0.1, 0.15) is 23.7 Å². The van der Waals surface area contributed by atoms with E-state index in [1.54, 1.807) is 25.3 Å². The van der Waals surface area contributed by atoms with Crippen LogP contribution in [0.15, 0.2) is 60.7 Å². The topological polar surface area (TPSA) is 44.8 Å². The largest absolute Gasteiger partial charge is 0.497 e. The van der Waals surface area contributed by atoms with Crippen LogP contribution in [-0.4, -0.2) is 20.2 Å². The summed E-state index contributed by atoms with van der Waals surface area (Å²) in [4.78, 5) is 12.4. The minimum Gasteiger partial charge on any atom is -0.497 e. The van der Waals surface area contributed by atoms with Crippen LogP contribution >= 0.6 is 0 Å². The minimum absolute atomic E-state index is 0.204. The fourth-order valence-corrected chi connectivity index (χ4v) is 2.61. The van der Waals surface area contributed by atoms with Crippen LogP contribution in [0.3, 0.4) is 0 Å². The molecule has 4 nitrogen and oxygen atoms in total. The maximum atomic E-state index is 12.4. The lowest BCUT2D eigenvalue weighted by molar-refractivity contribution is 0.0470. The normalized spacial score (nSPS) is 10.4. The predicted molar refractivity (Wildman–Crippen MR) is 92.6 cm³/mol. The van der Waals surface area contributed by atoms with Crippen molar-refractivity contribution in [3.63, 3.8) is 0 Å². The third kappa shape index (κ3) is 3.18. The monoisotopic (exact) mass is 322 g/mol. The molecule has 0 aliphatic heterocycles. The summed E-state index contributed by atoms with van der Waals surface area (Å²) in [5.41, 5.74) is 1.34. The van der Waals surface area contributed by atoms with E-state index in [9.17, 15) is 4.79 Å². The van der Waals surface area contributed by atoms with E-state index in [0.29, 0.717) is 17.1 Å². The van der Waals surface area contributed by atoms with Crippen molar-refractivity contribution in [2.75, 3.05) is 14.2 Å². The highest BCUT2D eigenvalue weighted by molar-refractivity contribution is 5.93. The van der Waals surface area contributed by atoms with Gasteiger partial charge in [-0.2, -0.15) is 0 Å². The Labute approximate surface area is 140 Å². The van der Waals surface area contributed by atoms with Gasteiger partial charge in [0, 0.05) is 6.07 Å². The van der Waals surface area contributed by atoms with Gasteiger partial charge in [0.2, 0.25) is 0 Å². The van der Waals surface area contributed by atoms with E-state index in [4.69, 9.17) is 14.2 Å². The summed E-state index contributed by atoms with van der Waals surface area (Å²) < 4.78 is 15.9. The van der Waals surface area contributed by atoms with Crippen molar-refractivity contribution in [1.82, 2.24) is 0 Å². The summed E-state index contributed by atoms with van der Waals surface area (Å²) in [5, 5.41) is 2.20. The third-order valence-electron chi connectivity index (χ3n) is 3.87. The second kappa shape index (κ2) is 7.04. The third-order valence-corrected chi connectivity index (χ3v) is 3.87. The van der Waals surface area contributed by atoms with Gasteiger partial charge in [-0.15, -0.1) is 0 Å². The highest BCUT2D eigenvalue weighted by Gasteiger charge is 2.15. The van der Waals surface area contributed by atoms with Gasteiger partial charge in [-0.1, -0.05) is 42.5 Å².